The number of terminal acetylenes is 1. The van der Waals surface area contributed by atoms with E-state index in [-0.39, 0.29) is 10.3 Å². The summed E-state index contributed by atoms with van der Waals surface area (Å²) < 4.78 is 20.6. The molecule has 0 bridgehead atoms. The van der Waals surface area contributed by atoms with Gasteiger partial charge in [0.2, 0.25) is 11.5 Å². The van der Waals surface area contributed by atoms with Gasteiger partial charge < -0.3 is 15.0 Å². The number of ether oxygens (including phenoxy) is 1. The van der Waals surface area contributed by atoms with E-state index in [1.807, 2.05) is 32.4 Å². The molecule has 0 aliphatic heterocycles. The number of anilines is 1. The van der Waals surface area contributed by atoms with Crippen molar-refractivity contribution in [2.45, 2.75) is 52.8 Å². The lowest BCUT2D eigenvalue weighted by molar-refractivity contribution is -0.176. The molecule has 0 amide bonds. The minimum Gasteiger partial charge on any atom is -0.385 e. The zero-order valence-electron chi connectivity index (χ0n) is 22.9. The van der Waals surface area contributed by atoms with Crippen molar-refractivity contribution in [3.8, 4) is 23.6 Å². The highest BCUT2D eigenvalue weighted by molar-refractivity contribution is 8.03. The third-order valence-corrected chi connectivity index (χ3v) is 5.22. The molecule has 4 N–H and O–H groups in total. The Balaban J connectivity index is 0.00000153. The average molecular weight is 548 g/mol. The monoisotopic (exact) mass is 547 g/mol. The molecular weight excluding hydrogens is 509 g/mol. The largest absolute Gasteiger partial charge is 0.385 e. The fraction of sp³-hybridized carbons (Fsp3) is 0.370. The van der Waals surface area contributed by atoms with Gasteiger partial charge in [-0.3, -0.25) is 19.9 Å². The van der Waals surface area contributed by atoms with Crippen molar-refractivity contribution in [2.24, 2.45) is 0 Å². The van der Waals surface area contributed by atoms with E-state index in [0.717, 1.165) is 12.2 Å². The number of aromatic amines is 1. The molecule has 3 aromatic heterocycles. The van der Waals surface area contributed by atoms with Crippen LogP contribution in [0.5, 0.6) is 0 Å². The molecule has 3 aromatic rings. The molecule has 0 aromatic carbocycles. The van der Waals surface area contributed by atoms with E-state index < -0.39 is 5.95 Å². The Hall–Kier alpha value is -3.43. The number of pyridine rings is 2. The van der Waals surface area contributed by atoms with Crippen molar-refractivity contribution in [1.82, 2.24) is 19.5 Å². The van der Waals surface area contributed by atoms with Gasteiger partial charge in [0, 0.05) is 55.1 Å². The molecule has 0 saturated heterocycles. The first-order valence-corrected chi connectivity index (χ1v) is 12.7. The molecule has 3 rings (SSSR count). The molecule has 208 valence electrons. The normalized spacial score (nSPS) is 10.2. The predicted molar refractivity (Wildman–Crippen MR) is 155 cm³/mol. The first kappa shape index (κ1) is 34.6. The van der Waals surface area contributed by atoms with Gasteiger partial charge in [-0.25, -0.2) is 9.97 Å². The number of aromatic nitrogens is 4. The first-order valence-electron chi connectivity index (χ1n) is 11.8. The van der Waals surface area contributed by atoms with Crippen molar-refractivity contribution in [2.75, 3.05) is 19.0 Å². The summed E-state index contributed by atoms with van der Waals surface area (Å²) in [6, 6.07) is 6.19. The lowest BCUT2D eigenvalue weighted by Crippen LogP contribution is -2.07. The number of nitrogens with one attached hydrogen (secondary N) is 2. The van der Waals surface area contributed by atoms with Crippen LogP contribution in [0, 0.1) is 18.3 Å². The van der Waals surface area contributed by atoms with Crippen LogP contribution in [-0.2, 0) is 11.3 Å². The van der Waals surface area contributed by atoms with Gasteiger partial charge in [-0.2, -0.15) is 4.39 Å². The first-order chi connectivity index (χ1) is 18.2. The lowest BCUT2D eigenvalue weighted by atomic mass is 10.2. The highest BCUT2D eigenvalue weighted by Gasteiger charge is 2.13. The Bertz CT molecular complexity index is 1190. The number of rotatable bonds is 7. The maximum absolute atomic E-state index is 14.2. The molecule has 9 nitrogen and oxygen atoms in total. The van der Waals surface area contributed by atoms with E-state index in [1.54, 1.807) is 48.0 Å². The lowest BCUT2D eigenvalue weighted by Gasteiger charge is -2.14. The van der Waals surface area contributed by atoms with Crippen LogP contribution in [0.2, 0.25) is 0 Å². The second-order valence-corrected chi connectivity index (χ2v) is 9.79. The summed E-state index contributed by atoms with van der Waals surface area (Å²) >= 11 is 1.65. The Morgan fingerprint density at radius 3 is 2.47 bits per heavy atom. The molecular formula is C27H38FN5O4S. The summed E-state index contributed by atoms with van der Waals surface area (Å²) in [5.41, 5.74) is 1.90. The summed E-state index contributed by atoms with van der Waals surface area (Å²) in [6.07, 6.45) is 10.6. The van der Waals surface area contributed by atoms with Crippen LogP contribution >= 0.6 is 11.8 Å². The Morgan fingerprint density at radius 1 is 1.29 bits per heavy atom. The van der Waals surface area contributed by atoms with Crippen LogP contribution in [-0.4, -0.2) is 48.5 Å². The van der Waals surface area contributed by atoms with Gasteiger partial charge in [-0.1, -0.05) is 40.7 Å². The fourth-order valence-corrected chi connectivity index (χ4v) is 3.20. The Morgan fingerprint density at radius 2 is 1.95 bits per heavy atom. The topological polar surface area (TPSA) is 125 Å². The van der Waals surface area contributed by atoms with Crippen molar-refractivity contribution in [3.63, 3.8) is 0 Å². The Kier molecular flexibility index (Phi) is 17.1. The smallest absolute Gasteiger partial charge is 0.247 e. The van der Waals surface area contributed by atoms with Crippen LogP contribution in [0.15, 0.2) is 46.9 Å². The van der Waals surface area contributed by atoms with E-state index >= 15 is 0 Å². The third kappa shape index (κ3) is 12.7. The maximum Gasteiger partial charge on any atom is 0.247 e. The molecule has 0 saturated carbocycles. The van der Waals surface area contributed by atoms with Crippen molar-refractivity contribution < 1.29 is 19.6 Å². The number of halogens is 1. The molecule has 0 aliphatic rings. The molecule has 0 aliphatic carbocycles. The Labute approximate surface area is 228 Å². The van der Waals surface area contributed by atoms with Crippen LogP contribution in [0.3, 0.4) is 0 Å². The number of H-pyrrole nitrogens is 1. The van der Waals surface area contributed by atoms with Gasteiger partial charge in [0.1, 0.15) is 5.82 Å². The summed E-state index contributed by atoms with van der Waals surface area (Å²) in [6.45, 7) is 13.5. The van der Waals surface area contributed by atoms with Crippen LogP contribution < -0.4 is 10.9 Å². The number of thioether (sulfide) groups is 1. The van der Waals surface area contributed by atoms with E-state index in [4.69, 9.17) is 16.9 Å². The second-order valence-electron chi connectivity index (χ2n) is 8.05. The predicted octanol–water partition coefficient (Wildman–Crippen LogP) is 6.02. The highest BCUT2D eigenvalue weighted by atomic mass is 32.2. The summed E-state index contributed by atoms with van der Waals surface area (Å²) in [5, 5.41) is 17.0. The van der Waals surface area contributed by atoms with Gasteiger partial charge in [0.25, 0.3) is 0 Å². The average Bonchev–Trinajstić information content (AvgIpc) is 3.32. The zero-order valence-corrected chi connectivity index (χ0v) is 23.8. The summed E-state index contributed by atoms with van der Waals surface area (Å²) in [4.78, 5) is 21.9. The molecule has 0 fully saturated rings. The molecule has 3 heterocycles. The summed E-state index contributed by atoms with van der Waals surface area (Å²) in [5.74, 6) is 2.71. The van der Waals surface area contributed by atoms with Crippen LogP contribution in [0.25, 0.3) is 17.5 Å². The quantitative estimate of drug-likeness (QED) is 0.122. The number of imidazole rings is 1. The van der Waals surface area contributed by atoms with E-state index in [9.17, 15) is 9.18 Å². The van der Waals surface area contributed by atoms with Crippen LogP contribution in [0.1, 0.15) is 52.9 Å². The van der Waals surface area contributed by atoms with Gasteiger partial charge in [-0.05, 0) is 29.9 Å². The van der Waals surface area contributed by atoms with E-state index in [2.05, 4.69) is 51.7 Å². The third-order valence-electron chi connectivity index (χ3n) is 4.26. The molecule has 0 unspecified atom stereocenters. The molecule has 11 heteroatoms. The van der Waals surface area contributed by atoms with E-state index in [0.29, 0.717) is 29.4 Å². The number of nitrogens with zero attached hydrogens (tertiary/aromatic N) is 3. The fourth-order valence-electron chi connectivity index (χ4n) is 2.61. The highest BCUT2D eigenvalue weighted by Crippen LogP contribution is 2.27. The van der Waals surface area contributed by atoms with Gasteiger partial charge >= 0.3 is 0 Å². The van der Waals surface area contributed by atoms with Crippen molar-refractivity contribution >= 4 is 23.8 Å². The number of hydrogen-bond acceptors (Lipinski definition) is 8. The number of hydrogen-bond donors (Lipinski definition) is 4. The number of methoxy groups -OCH3 is 1. The van der Waals surface area contributed by atoms with Crippen molar-refractivity contribution in [3.05, 3.63) is 69.8 Å². The second kappa shape index (κ2) is 18.8. The molecule has 0 spiro atoms. The molecule has 0 radical (unpaired) electrons. The summed E-state index contributed by atoms with van der Waals surface area (Å²) in [7, 11) is 1.68. The zero-order chi connectivity index (χ0) is 29.1. The molecule has 38 heavy (non-hydrogen) atoms. The SMILES string of the molecule is C#Cc1ncc(-c2cc(F)nc(NCc3ccc(=O)[nH]c3)c2)n1/C=C/SC(C)(C)C.CC.CCOC.OO. The standard InChI is InChI=1S/C22H22FN5OS.C3H8O.C2H6.H2O2/c1-5-20-25-14-17(28(20)8-9-30-22(2,3)4)16-10-18(23)27-19(11-16)24-12-15-6-7-21(29)26-13-15;1-3-4-2;2*1-2/h1,6-11,13-14H,12H2,2-4H3,(H,24,27)(H,26,29);3H2,1-2H3;1-2H3;1-2H/b9-8+;;;. The van der Waals surface area contributed by atoms with Gasteiger partial charge in [0.05, 0.1) is 11.9 Å². The maximum atomic E-state index is 14.2. The molecule has 0 atom stereocenters. The van der Waals surface area contributed by atoms with Crippen molar-refractivity contribution in [1.29, 1.82) is 0 Å². The van der Waals surface area contributed by atoms with Gasteiger partial charge in [-0.15, -0.1) is 18.2 Å². The minimum atomic E-state index is -0.625. The van der Waals surface area contributed by atoms with Crippen LogP contribution in [0.4, 0.5) is 10.2 Å². The van der Waals surface area contributed by atoms with Gasteiger partial charge in [0.15, 0.2) is 5.82 Å². The van der Waals surface area contributed by atoms with E-state index in [1.165, 1.54) is 12.1 Å². The minimum absolute atomic E-state index is 0.0507.